The molecule has 0 fully saturated rings. The van der Waals surface area contributed by atoms with Crippen LogP contribution in [-0.2, 0) is 16.0 Å². The van der Waals surface area contributed by atoms with Gasteiger partial charge in [0.15, 0.2) is 0 Å². The first-order valence-electron chi connectivity index (χ1n) is 4.64. The Labute approximate surface area is 86.2 Å². The van der Waals surface area contributed by atoms with Gasteiger partial charge in [-0.3, -0.25) is 9.59 Å². The van der Waals surface area contributed by atoms with Gasteiger partial charge in [0, 0.05) is 0 Å². The summed E-state index contributed by atoms with van der Waals surface area (Å²) >= 11 is 0. The lowest BCUT2D eigenvalue weighted by Crippen LogP contribution is -2.24. The first-order valence-corrected chi connectivity index (χ1v) is 4.64. The average Bonchev–Trinajstić information content (AvgIpc) is 2.56. The minimum atomic E-state index is -1.06. The van der Waals surface area contributed by atoms with Crippen LogP contribution in [0.2, 0.25) is 0 Å². The Morgan fingerprint density at radius 1 is 1.13 bits per heavy atom. The maximum absolute atomic E-state index is 11.0. The smallest absolute Gasteiger partial charge is 0.311 e. The number of carboxylic acid groups (broad SMARTS) is 2. The van der Waals surface area contributed by atoms with Crippen LogP contribution in [0, 0.1) is 5.92 Å². The SMILES string of the molecule is O=C(O)[C@@H]1Cc2ccccc2[C@@H]1C(=O)O. The van der Waals surface area contributed by atoms with Gasteiger partial charge in [0.2, 0.25) is 0 Å². The van der Waals surface area contributed by atoms with Crippen molar-refractivity contribution in [2.45, 2.75) is 12.3 Å². The molecule has 0 spiro atoms. The van der Waals surface area contributed by atoms with Gasteiger partial charge in [0.05, 0.1) is 11.8 Å². The highest BCUT2D eigenvalue weighted by molar-refractivity contribution is 5.86. The van der Waals surface area contributed by atoms with Crippen molar-refractivity contribution in [1.82, 2.24) is 0 Å². The molecule has 1 aliphatic rings. The summed E-state index contributed by atoms with van der Waals surface area (Å²) in [7, 11) is 0. The van der Waals surface area contributed by atoms with Crippen LogP contribution in [0.5, 0.6) is 0 Å². The van der Waals surface area contributed by atoms with Crippen molar-refractivity contribution in [3.63, 3.8) is 0 Å². The van der Waals surface area contributed by atoms with Crippen molar-refractivity contribution in [2.24, 2.45) is 5.92 Å². The predicted octanol–water partition coefficient (Wildman–Crippen LogP) is 1.11. The summed E-state index contributed by atoms with van der Waals surface area (Å²) < 4.78 is 0. The summed E-state index contributed by atoms with van der Waals surface area (Å²) in [5.41, 5.74) is 1.47. The largest absolute Gasteiger partial charge is 0.481 e. The normalized spacial score (nSPS) is 23.5. The molecule has 78 valence electrons. The molecule has 2 atom stereocenters. The number of benzene rings is 1. The van der Waals surface area contributed by atoms with Gasteiger partial charge in [-0.15, -0.1) is 0 Å². The van der Waals surface area contributed by atoms with Gasteiger partial charge in [-0.1, -0.05) is 24.3 Å². The van der Waals surface area contributed by atoms with E-state index in [2.05, 4.69) is 0 Å². The van der Waals surface area contributed by atoms with E-state index < -0.39 is 23.8 Å². The molecule has 0 aliphatic heterocycles. The highest BCUT2D eigenvalue weighted by Gasteiger charge is 2.41. The zero-order valence-corrected chi connectivity index (χ0v) is 7.88. The molecular weight excluding hydrogens is 196 g/mol. The van der Waals surface area contributed by atoms with Crippen LogP contribution in [0.1, 0.15) is 17.0 Å². The number of fused-ring (bicyclic) bond motifs is 1. The van der Waals surface area contributed by atoms with Gasteiger partial charge in [0.1, 0.15) is 0 Å². The molecule has 0 amide bonds. The zero-order chi connectivity index (χ0) is 11.0. The molecule has 4 nitrogen and oxygen atoms in total. The topological polar surface area (TPSA) is 74.6 Å². The molecule has 1 aliphatic carbocycles. The minimum absolute atomic E-state index is 0.308. The molecule has 15 heavy (non-hydrogen) atoms. The molecule has 0 aromatic heterocycles. The molecule has 0 heterocycles. The molecule has 0 saturated carbocycles. The van der Waals surface area contributed by atoms with Crippen molar-refractivity contribution in [2.75, 3.05) is 0 Å². The van der Waals surface area contributed by atoms with E-state index in [0.717, 1.165) is 5.56 Å². The Morgan fingerprint density at radius 3 is 2.40 bits per heavy atom. The predicted molar refractivity (Wildman–Crippen MR) is 51.6 cm³/mol. The van der Waals surface area contributed by atoms with Crippen LogP contribution in [-0.4, -0.2) is 22.2 Å². The Kier molecular flexibility index (Phi) is 2.19. The van der Waals surface area contributed by atoms with Crippen LogP contribution in [0.25, 0.3) is 0 Å². The average molecular weight is 206 g/mol. The van der Waals surface area contributed by atoms with E-state index in [1.165, 1.54) is 0 Å². The van der Waals surface area contributed by atoms with Gasteiger partial charge in [-0.2, -0.15) is 0 Å². The van der Waals surface area contributed by atoms with E-state index in [-0.39, 0.29) is 0 Å². The summed E-state index contributed by atoms with van der Waals surface area (Å²) in [6.07, 6.45) is 0.308. The third kappa shape index (κ3) is 1.48. The standard InChI is InChI=1S/C11H10O4/c12-10(13)8-5-6-3-1-2-4-7(6)9(8)11(14)15/h1-4,8-9H,5H2,(H,12,13)(H,14,15)/t8-,9+/m1/s1. The molecule has 1 aromatic carbocycles. The van der Waals surface area contributed by atoms with Crippen LogP contribution < -0.4 is 0 Å². The summed E-state index contributed by atoms with van der Waals surface area (Å²) in [5.74, 6) is -3.84. The minimum Gasteiger partial charge on any atom is -0.481 e. The summed E-state index contributed by atoms with van der Waals surface area (Å²) in [4.78, 5) is 21.9. The quantitative estimate of drug-likeness (QED) is 0.760. The second-order valence-corrected chi connectivity index (χ2v) is 3.66. The van der Waals surface area contributed by atoms with Crippen molar-refractivity contribution < 1.29 is 19.8 Å². The maximum atomic E-state index is 11.0. The van der Waals surface area contributed by atoms with E-state index in [1.54, 1.807) is 24.3 Å². The molecule has 2 rings (SSSR count). The molecule has 2 N–H and O–H groups in total. The highest BCUT2D eigenvalue weighted by Crippen LogP contribution is 2.38. The van der Waals surface area contributed by atoms with Crippen LogP contribution >= 0.6 is 0 Å². The lowest BCUT2D eigenvalue weighted by atomic mass is 9.93. The van der Waals surface area contributed by atoms with Gasteiger partial charge < -0.3 is 10.2 Å². The monoisotopic (exact) mass is 206 g/mol. The molecule has 0 saturated heterocycles. The fraction of sp³-hybridized carbons (Fsp3) is 0.273. The van der Waals surface area contributed by atoms with Gasteiger partial charge in [-0.25, -0.2) is 0 Å². The Bertz CT molecular complexity index is 424. The molecule has 1 aromatic rings. The summed E-state index contributed by atoms with van der Waals surface area (Å²) in [5, 5.41) is 18.0. The lowest BCUT2D eigenvalue weighted by molar-refractivity contribution is -0.149. The summed E-state index contributed by atoms with van der Waals surface area (Å²) in [6.45, 7) is 0. The van der Waals surface area contributed by atoms with Crippen molar-refractivity contribution >= 4 is 11.9 Å². The van der Waals surface area contributed by atoms with Gasteiger partial charge in [0.25, 0.3) is 0 Å². The van der Waals surface area contributed by atoms with Gasteiger partial charge >= 0.3 is 11.9 Å². The van der Waals surface area contributed by atoms with E-state index in [9.17, 15) is 9.59 Å². The second kappa shape index (κ2) is 3.38. The molecule has 0 unspecified atom stereocenters. The van der Waals surface area contributed by atoms with Crippen molar-refractivity contribution in [1.29, 1.82) is 0 Å². The number of carboxylic acids is 2. The first-order chi connectivity index (χ1) is 7.11. The molecule has 0 radical (unpaired) electrons. The van der Waals surface area contributed by atoms with E-state index in [1.807, 2.05) is 0 Å². The fourth-order valence-corrected chi connectivity index (χ4v) is 2.13. The lowest BCUT2D eigenvalue weighted by Gasteiger charge is -2.11. The highest BCUT2D eigenvalue weighted by atomic mass is 16.4. The molecule has 4 heteroatoms. The third-order valence-corrected chi connectivity index (χ3v) is 2.82. The fourth-order valence-electron chi connectivity index (χ4n) is 2.13. The number of carbonyl (C=O) groups is 2. The second-order valence-electron chi connectivity index (χ2n) is 3.66. The van der Waals surface area contributed by atoms with E-state index in [0.29, 0.717) is 12.0 Å². The van der Waals surface area contributed by atoms with Crippen LogP contribution in [0.4, 0.5) is 0 Å². The zero-order valence-electron chi connectivity index (χ0n) is 7.88. The Morgan fingerprint density at radius 2 is 1.80 bits per heavy atom. The molecule has 0 bridgehead atoms. The Balaban J connectivity index is 2.46. The number of aliphatic carboxylic acids is 2. The third-order valence-electron chi connectivity index (χ3n) is 2.82. The Hall–Kier alpha value is -1.84. The van der Waals surface area contributed by atoms with E-state index >= 15 is 0 Å². The number of hydrogen-bond acceptors (Lipinski definition) is 2. The first kappa shape index (κ1) is 9.71. The van der Waals surface area contributed by atoms with Crippen LogP contribution in [0.3, 0.4) is 0 Å². The number of rotatable bonds is 2. The summed E-state index contributed by atoms with van der Waals surface area (Å²) in [6, 6.07) is 7.01. The van der Waals surface area contributed by atoms with Crippen molar-refractivity contribution in [3.8, 4) is 0 Å². The molecular formula is C11H10O4. The van der Waals surface area contributed by atoms with Crippen molar-refractivity contribution in [3.05, 3.63) is 35.4 Å². The van der Waals surface area contributed by atoms with Gasteiger partial charge in [-0.05, 0) is 17.5 Å². The maximum Gasteiger partial charge on any atom is 0.311 e. The number of hydrogen-bond donors (Lipinski definition) is 2. The van der Waals surface area contributed by atoms with Crippen LogP contribution in [0.15, 0.2) is 24.3 Å². The van der Waals surface area contributed by atoms with E-state index in [4.69, 9.17) is 10.2 Å².